The molecule has 0 aromatic heterocycles. The van der Waals surface area contributed by atoms with E-state index in [1.165, 1.54) is 25.7 Å². The summed E-state index contributed by atoms with van der Waals surface area (Å²) in [4.78, 5) is 0. The van der Waals surface area contributed by atoms with Crippen LogP contribution in [-0.4, -0.2) is 12.7 Å². The molecule has 0 aromatic carbocycles. The van der Waals surface area contributed by atoms with Crippen LogP contribution in [0.3, 0.4) is 0 Å². The fourth-order valence-electron chi connectivity index (χ4n) is 4.26. The zero-order valence-corrected chi connectivity index (χ0v) is 10.3. The third-order valence-corrected chi connectivity index (χ3v) is 5.50. The molecule has 2 aliphatic carbocycles. The van der Waals surface area contributed by atoms with Crippen LogP contribution in [0.25, 0.3) is 0 Å². The second kappa shape index (κ2) is 3.23. The summed E-state index contributed by atoms with van der Waals surface area (Å²) in [6, 6.07) is 0. The highest BCUT2D eigenvalue weighted by Crippen LogP contribution is 2.59. The Labute approximate surface area is 93.6 Å². The Kier molecular flexibility index (Phi) is 2.18. The Balaban J connectivity index is 1.71. The highest BCUT2D eigenvalue weighted by Gasteiger charge is 2.52. The number of fused-ring (bicyclic) bond motifs is 1. The fraction of sp³-hybridized carbons (Fsp3) is 1.00. The Morgan fingerprint density at radius 2 is 1.93 bits per heavy atom. The van der Waals surface area contributed by atoms with E-state index in [1.54, 1.807) is 0 Å². The van der Waals surface area contributed by atoms with E-state index in [0.717, 1.165) is 30.3 Å². The molecule has 6 atom stereocenters. The van der Waals surface area contributed by atoms with E-state index in [0.29, 0.717) is 11.5 Å². The molecule has 2 saturated carbocycles. The number of ether oxygens (including phenoxy) is 1. The third-order valence-electron chi connectivity index (χ3n) is 5.50. The minimum atomic E-state index is 0.603. The van der Waals surface area contributed by atoms with Crippen LogP contribution in [0.1, 0.15) is 46.5 Å². The Morgan fingerprint density at radius 1 is 1.20 bits per heavy atom. The van der Waals surface area contributed by atoms with Crippen molar-refractivity contribution < 1.29 is 4.74 Å². The van der Waals surface area contributed by atoms with Crippen LogP contribution >= 0.6 is 0 Å². The largest absolute Gasteiger partial charge is 0.378 e. The zero-order chi connectivity index (χ0) is 10.6. The van der Waals surface area contributed by atoms with Crippen LogP contribution in [0.5, 0.6) is 0 Å². The summed E-state index contributed by atoms with van der Waals surface area (Å²) >= 11 is 0. The molecule has 1 heteroatoms. The monoisotopic (exact) mass is 208 g/mol. The molecule has 1 aliphatic heterocycles. The van der Waals surface area contributed by atoms with Crippen LogP contribution in [0, 0.1) is 29.1 Å². The van der Waals surface area contributed by atoms with Gasteiger partial charge in [0.25, 0.3) is 0 Å². The van der Waals surface area contributed by atoms with Crippen LogP contribution in [0.15, 0.2) is 0 Å². The summed E-state index contributed by atoms with van der Waals surface area (Å²) in [6.07, 6.45) is 6.30. The second-order valence-corrected chi connectivity index (χ2v) is 6.73. The van der Waals surface area contributed by atoms with Crippen LogP contribution in [0.4, 0.5) is 0 Å². The number of hydrogen-bond acceptors (Lipinski definition) is 1. The maximum Gasteiger partial charge on any atom is 0.0612 e. The molecule has 0 radical (unpaired) electrons. The van der Waals surface area contributed by atoms with Gasteiger partial charge in [0.1, 0.15) is 0 Å². The van der Waals surface area contributed by atoms with Crippen LogP contribution in [-0.2, 0) is 4.74 Å². The standard InChI is InChI=1S/C14H24O/c1-9-6-12(9)14(3)5-4-11-10(2)8-15-13(11)7-14/h9-13H,4-8H2,1-3H3. The van der Waals surface area contributed by atoms with Crippen molar-refractivity contribution in [3.05, 3.63) is 0 Å². The highest BCUT2D eigenvalue weighted by atomic mass is 16.5. The average molecular weight is 208 g/mol. The lowest BCUT2D eigenvalue weighted by Crippen LogP contribution is -2.36. The molecule has 0 N–H and O–H groups in total. The van der Waals surface area contributed by atoms with Gasteiger partial charge in [-0.2, -0.15) is 0 Å². The van der Waals surface area contributed by atoms with Gasteiger partial charge in [0, 0.05) is 6.61 Å². The first-order chi connectivity index (χ1) is 7.10. The predicted molar refractivity (Wildman–Crippen MR) is 61.6 cm³/mol. The predicted octanol–water partition coefficient (Wildman–Crippen LogP) is 3.48. The molecule has 0 bridgehead atoms. The van der Waals surface area contributed by atoms with E-state index < -0.39 is 0 Å². The van der Waals surface area contributed by atoms with Gasteiger partial charge in [-0.15, -0.1) is 0 Å². The van der Waals surface area contributed by atoms with E-state index in [4.69, 9.17) is 4.74 Å². The molecule has 86 valence electrons. The summed E-state index contributed by atoms with van der Waals surface area (Å²) in [5.41, 5.74) is 0.616. The molecule has 0 aromatic rings. The first kappa shape index (κ1) is 10.1. The lowest BCUT2D eigenvalue weighted by atomic mass is 9.65. The molecule has 0 spiro atoms. The van der Waals surface area contributed by atoms with E-state index in [9.17, 15) is 0 Å². The smallest absolute Gasteiger partial charge is 0.0612 e. The zero-order valence-electron chi connectivity index (χ0n) is 10.3. The lowest BCUT2D eigenvalue weighted by molar-refractivity contribution is 0.00266. The lowest BCUT2D eigenvalue weighted by Gasteiger charge is -2.41. The molecular formula is C14H24O. The molecule has 1 saturated heterocycles. The molecular weight excluding hydrogens is 184 g/mol. The SMILES string of the molecule is CC1COC2CC(C)(C3CC3C)CCC12. The van der Waals surface area contributed by atoms with E-state index >= 15 is 0 Å². The Morgan fingerprint density at radius 3 is 2.60 bits per heavy atom. The van der Waals surface area contributed by atoms with Crippen molar-refractivity contribution in [2.45, 2.75) is 52.6 Å². The molecule has 3 aliphatic rings. The van der Waals surface area contributed by atoms with Gasteiger partial charge in [-0.1, -0.05) is 20.8 Å². The van der Waals surface area contributed by atoms with Gasteiger partial charge in [-0.05, 0) is 54.8 Å². The number of rotatable bonds is 1. The maximum atomic E-state index is 5.98. The number of hydrogen-bond donors (Lipinski definition) is 0. The molecule has 3 rings (SSSR count). The van der Waals surface area contributed by atoms with Gasteiger partial charge in [-0.25, -0.2) is 0 Å². The molecule has 1 heterocycles. The van der Waals surface area contributed by atoms with Gasteiger partial charge in [0.15, 0.2) is 0 Å². The summed E-state index contributed by atoms with van der Waals surface area (Å²) in [5.74, 6) is 3.70. The van der Waals surface area contributed by atoms with Crippen LogP contribution < -0.4 is 0 Å². The molecule has 15 heavy (non-hydrogen) atoms. The molecule has 1 nitrogen and oxygen atoms in total. The van der Waals surface area contributed by atoms with Gasteiger partial charge in [0.05, 0.1) is 6.10 Å². The third kappa shape index (κ3) is 1.54. The minimum Gasteiger partial charge on any atom is -0.378 e. The maximum absolute atomic E-state index is 5.98. The van der Waals surface area contributed by atoms with E-state index in [2.05, 4.69) is 20.8 Å². The quantitative estimate of drug-likeness (QED) is 0.641. The molecule has 0 amide bonds. The first-order valence-electron chi connectivity index (χ1n) is 6.72. The van der Waals surface area contributed by atoms with Gasteiger partial charge in [0.2, 0.25) is 0 Å². The second-order valence-electron chi connectivity index (χ2n) is 6.73. The van der Waals surface area contributed by atoms with Crippen molar-refractivity contribution >= 4 is 0 Å². The molecule has 3 fully saturated rings. The van der Waals surface area contributed by atoms with Crippen molar-refractivity contribution in [3.8, 4) is 0 Å². The summed E-state index contributed by atoms with van der Waals surface area (Å²) < 4.78 is 5.98. The highest BCUT2D eigenvalue weighted by molar-refractivity contribution is 5.02. The topological polar surface area (TPSA) is 9.23 Å². The van der Waals surface area contributed by atoms with Gasteiger partial charge >= 0.3 is 0 Å². The fourth-order valence-corrected chi connectivity index (χ4v) is 4.26. The van der Waals surface area contributed by atoms with Gasteiger partial charge in [-0.3, -0.25) is 0 Å². The average Bonchev–Trinajstić information content (AvgIpc) is 2.83. The van der Waals surface area contributed by atoms with Crippen LogP contribution in [0.2, 0.25) is 0 Å². The van der Waals surface area contributed by atoms with Crippen molar-refractivity contribution in [2.75, 3.05) is 6.61 Å². The van der Waals surface area contributed by atoms with Crippen molar-refractivity contribution in [1.29, 1.82) is 0 Å². The minimum absolute atomic E-state index is 0.603. The normalized spacial score (nSPS) is 59.0. The van der Waals surface area contributed by atoms with E-state index in [-0.39, 0.29) is 0 Å². The first-order valence-corrected chi connectivity index (χ1v) is 6.72. The summed E-state index contributed by atoms with van der Waals surface area (Å²) in [6.45, 7) is 8.32. The van der Waals surface area contributed by atoms with Crippen molar-refractivity contribution in [1.82, 2.24) is 0 Å². The Bertz CT molecular complexity index is 262. The molecule has 6 unspecified atom stereocenters. The Hall–Kier alpha value is -0.0400. The summed E-state index contributed by atoms with van der Waals surface area (Å²) in [7, 11) is 0. The summed E-state index contributed by atoms with van der Waals surface area (Å²) in [5, 5.41) is 0. The van der Waals surface area contributed by atoms with E-state index in [1.807, 2.05) is 0 Å². The van der Waals surface area contributed by atoms with Gasteiger partial charge < -0.3 is 4.74 Å². The van der Waals surface area contributed by atoms with Crippen molar-refractivity contribution in [3.63, 3.8) is 0 Å². The van der Waals surface area contributed by atoms with Crippen molar-refractivity contribution in [2.24, 2.45) is 29.1 Å².